The molecule has 0 saturated heterocycles. The fraction of sp³-hybridized carbons (Fsp3) is 0.208. The van der Waals surface area contributed by atoms with E-state index in [0.29, 0.717) is 28.0 Å². The number of aromatic nitrogens is 5. The fourth-order valence-electron chi connectivity index (χ4n) is 3.34. The number of hydrogen-bond acceptors (Lipinski definition) is 6. The molecule has 0 fully saturated rings. The molecule has 0 radical (unpaired) electrons. The third kappa shape index (κ3) is 5.25. The number of rotatable bonds is 6. The third-order valence-corrected chi connectivity index (χ3v) is 5.85. The van der Waals surface area contributed by atoms with Crippen molar-refractivity contribution in [3.63, 3.8) is 0 Å². The molecule has 168 valence electrons. The van der Waals surface area contributed by atoms with Crippen LogP contribution in [0, 0.1) is 33.5 Å². The first-order valence-corrected chi connectivity index (χ1v) is 11.3. The van der Waals surface area contributed by atoms with Crippen LogP contribution in [-0.4, -0.2) is 30.9 Å². The summed E-state index contributed by atoms with van der Waals surface area (Å²) in [6.45, 7) is 7.71. The highest BCUT2D eigenvalue weighted by Gasteiger charge is 2.22. The van der Waals surface area contributed by atoms with E-state index >= 15 is 0 Å². The molecule has 2 aromatic heterocycles. The summed E-state index contributed by atoms with van der Waals surface area (Å²) in [4.78, 5) is 22.1. The molecule has 4 rings (SSSR count). The minimum atomic E-state index is -0.367. The van der Waals surface area contributed by atoms with E-state index < -0.39 is 0 Å². The molecule has 2 aromatic carbocycles. The second-order valence-electron chi connectivity index (χ2n) is 7.77. The summed E-state index contributed by atoms with van der Waals surface area (Å²) in [6, 6.07) is 13.6. The summed E-state index contributed by atoms with van der Waals surface area (Å²) in [6.07, 6.45) is 0. The van der Waals surface area contributed by atoms with Gasteiger partial charge in [-0.3, -0.25) is 4.79 Å². The molecule has 7 nitrogen and oxygen atoms in total. The summed E-state index contributed by atoms with van der Waals surface area (Å²) in [7, 11) is 0. The summed E-state index contributed by atoms with van der Waals surface area (Å²) in [5.74, 6) is -0.372. The van der Waals surface area contributed by atoms with Gasteiger partial charge in [0.25, 0.3) is 5.91 Å². The van der Waals surface area contributed by atoms with Gasteiger partial charge in [0, 0.05) is 22.8 Å². The number of anilines is 1. The van der Waals surface area contributed by atoms with E-state index in [1.807, 2.05) is 52.0 Å². The van der Waals surface area contributed by atoms with Crippen molar-refractivity contribution in [2.24, 2.45) is 0 Å². The number of nitrogens with one attached hydrogen (secondary N) is 1. The Kier molecular flexibility index (Phi) is 6.50. The lowest BCUT2D eigenvalue weighted by Gasteiger charge is -2.10. The molecular weight excluding hydrogens is 439 g/mol. The largest absolute Gasteiger partial charge is 0.320 e. The molecule has 9 heteroatoms. The van der Waals surface area contributed by atoms with Gasteiger partial charge in [-0.1, -0.05) is 29.1 Å². The summed E-state index contributed by atoms with van der Waals surface area (Å²) >= 11 is 1.38. The van der Waals surface area contributed by atoms with E-state index in [1.54, 1.807) is 16.8 Å². The number of thioether (sulfide) groups is 1. The molecule has 0 bridgehead atoms. The molecule has 1 N–H and O–H groups in total. The number of aryl methyl sites for hydroxylation is 4. The zero-order valence-electron chi connectivity index (χ0n) is 18.8. The molecular formula is C24H23FN6OS. The minimum Gasteiger partial charge on any atom is -0.320 e. The lowest BCUT2D eigenvalue weighted by atomic mass is 10.1. The highest BCUT2D eigenvalue weighted by atomic mass is 32.2. The number of nitrogens with zero attached hydrogens (tertiary/aromatic N) is 5. The maximum Gasteiger partial charge on any atom is 0.278 e. The number of benzene rings is 2. The van der Waals surface area contributed by atoms with E-state index in [4.69, 9.17) is 0 Å². The monoisotopic (exact) mass is 462 g/mol. The number of halogens is 1. The Bertz CT molecular complexity index is 1300. The average Bonchev–Trinajstić information content (AvgIpc) is 3.19. The van der Waals surface area contributed by atoms with Crippen LogP contribution < -0.4 is 5.32 Å². The molecule has 0 aliphatic heterocycles. The number of carbonyl (C=O) groups is 1. The fourth-order valence-corrected chi connectivity index (χ4v) is 4.28. The third-order valence-electron chi connectivity index (χ3n) is 4.99. The van der Waals surface area contributed by atoms with E-state index in [1.165, 1.54) is 23.9 Å². The van der Waals surface area contributed by atoms with Crippen LogP contribution >= 0.6 is 11.8 Å². The highest BCUT2D eigenvalue weighted by molar-refractivity contribution is 7.98. The Labute approximate surface area is 195 Å². The first-order chi connectivity index (χ1) is 15.8. The predicted octanol–water partition coefficient (Wildman–Crippen LogP) is 4.97. The smallest absolute Gasteiger partial charge is 0.278 e. The Hall–Kier alpha value is -3.59. The van der Waals surface area contributed by atoms with Crippen molar-refractivity contribution in [3.8, 4) is 5.69 Å². The van der Waals surface area contributed by atoms with Crippen molar-refractivity contribution in [1.82, 2.24) is 25.0 Å². The van der Waals surface area contributed by atoms with Gasteiger partial charge < -0.3 is 5.32 Å². The SMILES string of the molecule is Cc1ccc(C)c(NC(=O)c2nnn(-c3ccc(F)cc3)c2CSc2nc(C)cc(C)n2)c1. The molecule has 33 heavy (non-hydrogen) atoms. The number of amides is 1. The summed E-state index contributed by atoms with van der Waals surface area (Å²) in [5.41, 5.74) is 5.78. The molecule has 2 heterocycles. The standard InChI is InChI=1S/C24H23FN6OS/c1-14-5-6-15(2)20(11-14)28-23(32)22-21(13-33-24-26-16(3)12-17(4)27-24)31(30-29-22)19-9-7-18(25)8-10-19/h5-12H,13H2,1-4H3,(H,28,32). The van der Waals surface area contributed by atoms with E-state index in [9.17, 15) is 9.18 Å². The van der Waals surface area contributed by atoms with Crippen molar-refractivity contribution >= 4 is 23.4 Å². The van der Waals surface area contributed by atoms with Crippen LogP contribution in [0.15, 0.2) is 53.7 Å². The topological polar surface area (TPSA) is 85.6 Å². The van der Waals surface area contributed by atoms with Gasteiger partial charge in [0.2, 0.25) is 0 Å². The van der Waals surface area contributed by atoms with Gasteiger partial charge in [-0.15, -0.1) is 5.10 Å². The van der Waals surface area contributed by atoms with Crippen molar-refractivity contribution in [2.75, 3.05) is 5.32 Å². The first kappa shape index (κ1) is 22.6. The van der Waals surface area contributed by atoms with Gasteiger partial charge in [-0.05, 0) is 75.2 Å². The molecule has 0 spiro atoms. The Morgan fingerprint density at radius 1 is 1.00 bits per heavy atom. The van der Waals surface area contributed by atoms with Gasteiger partial charge in [0.05, 0.1) is 11.4 Å². The van der Waals surface area contributed by atoms with Gasteiger partial charge in [0.1, 0.15) is 5.82 Å². The molecule has 0 atom stereocenters. The van der Waals surface area contributed by atoms with Gasteiger partial charge >= 0.3 is 0 Å². The Balaban J connectivity index is 1.69. The Morgan fingerprint density at radius 3 is 2.39 bits per heavy atom. The van der Waals surface area contributed by atoms with E-state index in [2.05, 4.69) is 25.6 Å². The lowest BCUT2D eigenvalue weighted by Crippen LogP contribution is -2.16. The molecule has 0 aliphatic carbocycles. The number of hydrogen-bond donors (Lipinski definition) is 1. The molecule has 1 amide bonds. The zero-order chi connectivity index (χ0) is 23.5. The van der Waals surface area contributed by atoms with Crippen molar-refractivity contribution in [3.05, 3.63) is 88.3 Å². The van der Waals surface area contributed by atoms with E-state index in [-0.39, 0.29) is 17.4 Å². The maximum atomic E-state index is 13.5. The van der Waals surface area contributed by atoms with Crippen molar-refractivity contribution in [1.29, 1.82) is 0 Å². The molecule has 4 aromatic rings. The second kappa shape index (κ2) is 9.50. The Morgan fingerprint density at radius 2 is 1.70 bits per heavy atom. The first-order valence-electron chi connectivity index (χ1n) is 10.3. The van der Waals surface area contributed by atoms with Crippen LogP contribution in [0.4, 0.5) is 10.1 Å². The van der Waals surface area contributed by atoms with Crippen molar-refractivity contribution < 1.29 is 9.18 Å². The highest BCUT2D eigenvalue weighted by Crippen LogP contribution is 2.25. The predicted molar refractivity (Wildman–Crippen MR) is 126 cm³/mol. The second-order valence-corrected chi connectivity index (χ2v) is 8.71. The zero-order valence-corrected chi connectivity index (χ0v) is 19.6. The normalized spacial score (nSPS) is 10.9. The van der Waals surface area contributed by atoms with Gasteiger partial charge in [-0.25, -0.2) is 19.0 Å². The van der Waals surface area contributed by atoms with E-state index in [0.717, 1.165) is 22.5 Å². The van der Waals surface area contributed by atoms with Crippen LogP contribution in [-0.2, 0) is 5.75 Å². The summed E-state index contributed by atoms with van der Waals surface area (Å²) < 4.78 is 15.0. The van der Waals surface area contributed by atoms with Gasteiger partial charge in [-0.2, -0.15) is 0 Å². The average molecular weight is 463 g/mol. The molecule has 0 aliphatic rings. The molecule has 0 saturated carbocycles. The lowest BCUT2D eigenvalue weighted by molar-refractivity contribution is 0.102. The van der Waals surface area contributed by atoms with Crippen LogP contribution in [0.3, 0.4) is 0 Å². The van der Waals surface area contributed by atoms with Crippen LogP contribution in [0.2, 0.25) is 0 Å². The van der Waals surface area contributed by atoms with Crippen molar-refractivity contribution in [2.45, 2.75) is 38.6 Å². The summed E-state index contributed by atoms with van der Waals surface area (Å²) in [5, 5.41) is 11.9. The van der Waals surface area contributed by atoms with Gasteiger partial charge in [0.15, 0.2) is 10.9 Å². The van der Waals surface area contributed by atoms with Crippen LogP contribution in [0.5, 0.6) is 0 Å². The molecule has 0 unspecified atom stereocenters. The van der Waals surface area contributed by atoms with Crippen LogP contribution in [0.25, 0.3) is 5.69 Å². The number of carbonyl (C=O) groups excluding carboxylic acids is 1. The quantitative estimate of drug-likeness (QED) is 0.321. The minimum absolute atomic E-state index is 0.192. The maximum absolute atomic E-state index is 13.5. The van der Waals surface area contributed by atoms with Crippen LogP contribution in [0.1, 0.15) is 38.7 Å².